The average Bonchev–Trinajstić information content (AvgIpc) is 2.70. The van der Waals surface area contributed by atoms with Gasteiger partial charge in [-0.25, -0.2) is 4.79 Å². The highest BCUT2D eigenvalue weighted by Gasteiger charge is 2.22. The lowest BCUT2D eigenvalue weighted by Gasteiger charge is -2.10. The van der Waals surface area contributed by atoms with Crippen LogP contribution in [0.15, 0.2) is 65.7 Å². The highest BCUT2D eigenvalue weighted by Crippen LogP contribution is 2.22. The highest BCUT2D eigenvalue weighted by molar-refractivity contribution is 6.28. The maximum absolute atomic E-state index is 12.9. The Balaban J connectivity index is 2.45. The van der Waals surface area contributed by atoms with Crippen LogP contribution in [0, 0.1) is 10.1 Å². The maximum Gasteiger partial charge on any atom is 0.341 e. The van der Waals surface area contributed by atoms with Gasteiger partial charge in [0.1, 0.15) is 5.57 Å². The van der Waals surface area contributed by atoms with Crippen LogP contribution in [0.2, 0.25) is 0 Å². The molecule has 6 nitrogen and oxygen atoms in total. The first-order chi connectivity index (χ1) is 12.8. The number of nitro groups is 1. The summed E-state index contributed by atoms with van der Waals surface area (Å²) in [5.41, 5.74) is 2.31. The van der Waals surface area contributed by atoms with Crippen LogP contribution < -0.4 is 0 Å². The van der Waals surface area contributed by atoms with Crippen LogP contribution in [0.1, 0.15) is 25.0 Å². The van der Waals surface area contributed by atoms with Gasteiger partial charge in [0.15, 0.2) is 5.78 Å². The molecular formula is C21H19NO5. The Hall–Kier alpha value is -3.54. The van der Waals surface area contributed by atoms with Crippen molar-refractivity contribution in [2.45, 2.75) is 13.8 Å². The molecule has 2 rings (SSSR count). The van der Waals surface area contributed by atoms with Gasteiger partial charge in [-0.2, -0.15) is 0 Å². The zero-order chi connectivity index (χ0) is 20.0. The standard InChI is InChI=1S/C21H19NO5/c1-14(17-7-5-4-6-8-17)15(2)20(23)19(21(24)27-3)13-16-9-11-18(12-10-16)22(25)26/h4-13H,1-3H3/b15-14-,19-13-. The predicted molar refractivity (Wildman–Crippen MR) is 103 cm³/mol. The Morgan fingerprint density at radius 1 is 1.00 bits per heavy atom. The molecule has 0 saturated carbocycles. The van der Waals surface area contributed by atoms with E-state index < -0.39 is 16.7 Å². The molecule has 2 aromatic carbocycles. The maximum atomic E-state index is 12.9. The van der Waals surface area contributed by atoms with Crippen molar-refractivity contribution in [1.29, 1.82) is 0 Å². The van der Waals surface area contributed by atoms with E-state index in [-0.39, 0.29) is 11.3 Å². The van der Waals surface area contributed by atoms with E-state index in [1.165, 1.54) is 37.5 Å². The second-order valence-corrected chi connectivity index (χ2v) is 5.84. The van der Waals surface area contributed by atoms with Gasteiger partial charge in [-0.15, -0.1) is 0 Å². The van der Waals surface area contributed by atoms with E-state index >= 15 is 0 Å². The minimum Gasteiger partial charge on any atom is -0.465 e. The van der Waals surface area contributed by atoms with Crippen molar-refractivity contribution in [2.75, 3.05) is 7.11 Å². The number of carbonyl (C=O) groups is 2. The van der Waals surface area contributed by atoms with Crippen molar-refractivity contribution >= 4 is 29.1 Å². The van der Waals surface area contributed by atoms with Crippen molar-refractivity contribution in [2.24, 2.45) is 0 Å². The van der Waals surface area contributed by atoms with E-state index in [0.29, 0.717) is 11.1 Å². The molecule has 0 unspecified atom stereocenters. The van der Waals surface area contributed by atoms with E-state index in [1.54, 1.807) is 6.92 Å². The number of ketones is 1. The molecule has 27 heavy (non-hydrogen) atoms. The number of hydrogen-bond donors (Lipinski definition) is 0. The van der Waals surface area contributed by atoms with E-state index in [4.69, 9.17) is 4.74 Å². The Labute approximate surface area is 156 Å². The molecule has 2 aromatic rings. The summed E-state index contributed by atoms with van der Waals surface area (Å²) in [5.74, 6) is -1.22. The van der Waals surface area contributed by atoms with Crippen LogP contribution in [-0.4, -0.2) is 23.8 Å². The Morgan fingerprint density at radius 2 is 1.59 bits per heavy atom. The zero-order valence-corrected chi connectivity index (χ0v) is 15.3. The van der Waals surface area contributed by atoms with E-state index in [9.17, 15) is 19.7 Å². The largest absolute Gasteiger partial charge is 0.465 e. The van der Waals surface area contributed by atoms with Crippen molar-refractivity contribution in [1.82, 2.24) is 0 Å². The minimum atomic E-state index is -0.765. The van der Waals surface area contributed by atoms with Crippen LogP contribution in [0.3, 0.4) is 0 Å². The lowest BCUT2D eigenvalue weighted by atomic mass is 9.95. The monoisotopic (exact) mass is 365 g/mol. The van der Waals surface area contributed by atoms with Crippen LogP contribution in [0.5, 0.6) is 0 Å². The third-order valence-corrected chi connectivity index (χ3v) is 4.17. The molecule has 0 heterocycles. The lowest BCUT2D eigenvalue weighted by molar-refractivity contribution is -0.384. The van der Waals surface area contributed by atoms with Gasteiger partial charge in [-0.1, -0.05) is 30.3 Å². The van der Waals surface area contributed by atoms with Gasteiger partial charge in [0.05, 0.1) is 12.0 Å². The minimum absolute atomic E-state index is 0.0749. The fourth-order valence-electron chi connectivity index (χ4n) is 2.46. The van der Waals surface area contributed by atoms with Gasteiger partial charge >= 0.3 is 5.97 Å². The number of carbonyl (C=O) groups excluding carboxylic acids is 2. The number of ether oxygens (including phenoxy) is 1. The molecule has 0 fully saturated rings. The molecule has 0 N–H and O–H groups in total. The topological polar surface area (TPSA) is 86.5 Å². The molecular weight excluding hydrogens is 346 g/mol. The fraction of sp³-hybridized carbons (Fsp3) is 0.143. The molecule has 0 aromatic heterocycles. The van der Waals surface area contributed by atoms with Gasteiger partial charge in [0, 0.05) is 17.7 Å². The molecule has 6 heteroatoms. The summed E-state index contributed by atoms with van der Waals surface area (Å²) in [6, 6.07) is 14.9. The van der Waals surface area contributed by atoms with Crippen LogP contribution >= 0.6 is 0 Å². The summed E-state index contributed by atoms with van der Waals surface area (Å²) < 4.78 is 4.74. The molecule has 0 atom stereocenters. The molecule has 138 valence electrons. The first-order valence-corrected chi connectivity index (χ1v) is 8.17. The number of hydrogen-bond acceptors (Lipinski definition) is 5. The number of benzene rings is 2. The normalized spacial score (nSPS) is 12.2. The van der Waals surface area contributed by atoms with E-state index in [1.807, 2.05) is 37.3 Å². The summed E-state index contributed by atoms with van der Waals surface area (Å²) in [7, 11) is 1.20. The third kappa shape index (κ3) is 4.76. The molecule has 0 saturated heterocycles. The van der Waals surface area contributed by atoms with Crippen LogP contribution in [0.4, 0.5) is 5.69 Å². The molecule has 0 amide bonds. The molecule has 0 aliphatic rings. The number of nitro benzene ring substituents is 1. The second kappa shape index (κ2) is 8.71. The van der Waals surface area contributed by atoms with Crippen LogP contribution in [-0.2, 0) is 14.3 Å². The number of allylic oxidation sites excluding steroid dienone is 2. The number of esters is 1. The van der Waals surface area contributed by atoms with Gasteiger partial charge in [0.25, 0.3) is 5.69 Å². The fourth-order valence-corrected chi connectivity index (χ4v) is 2.46. The SMILES string of the molecule is COC(=O)/C(=C\c1ccc([N+](=O)[O-])cc1)C(=O)/C(C)=C(/C)c1ccccc1. The van der Waals surface area contributed by atoms with Crippen molar-refractivity contribution in [3.8, 4) is 0 Å². The Kier molecular flexibility index (Phi) is 6.38. The first kappa shape index (κ1) is 19.8. The smallest absolute Gasteiger partial charge is 0.341 e. The number of methoxy groups -OCH3 is 1. The number of non-ortho nitro benzene ring substituents is 1. The van der Waals surface area contributed by atoms with E-state index in [2.05, 4.69) is 0 Å². The average molecular weight is 365 g/mol. The van der Waals surface area contributed by atoms with Gasteiger partial charge < -0.3 is 4.74 Å². The summed E-state index contributed by atoms with van der Waals surface area (Å²) in [5, 5.41) is 10.8. The molecule has 0 aliphatic carbocycles. The van der Waals surface area contributed by atoms with Crippen molar-refractivity contribution < 1.29 is 19.2 Å². The van der Waals surface area contributed by atoms with Gasteiger partial charge in [-0.05, 0) is 48.8 Å². The number of rotatable bonds is 6. The van der Waals surface area contributed by atoms with Crippen LogP contribution in [0.25, 0.3) is 11.6 Å². The first-order valence-electron chi connectivity index (χ1n) is 8.17. The number of nitrogens with zero attached hydrogens (tertiary/aromatic N) is 1. The zero-order valence-electron chi connectivity index (χ0n) is 15.3. The molecule has 0 radical (unpaired) electrons. The van der Waals surface area contributed by atoms with E-state index in [0.717, 1.165) is 11.1 Å². The Morgan fingerprint density at radius 3 is 2.11 bits per heavy atom. The second-order valence-electron chi connectivity index (χ2n) is 5.84. The van der Waals surface area contributed by atoms with Crippen molar-refractivity contribution in [3.05, 3.63) is 87.0 Å². The van der Waals surface area contributed by atoms with Gasteiger partial charge in [-0.3, -0.25) is 14.9 Å². The quantitative estimate of drug-likeness (QED) is 0.191. The summed E-state index contributed by atoms with van der Waals surface area (Å²) in [6.45, 7) is 3.46. The molecule has 0 aliphatic heterocycles. The molecule has 0 spiro atoms. The third-order valence-electron chi connectivity index (χ3n) is 4.17. The number of Topliss-reactive ketones (excluding diaryl/α,β-unsaturated/α-hetero) is 1. The summed E-state index contributed by atoms with van der Waals surface area (Å²) in [6.07, 6.45) is 1.37. The van der Waals surface area contributed by atoms with Crippen molar-refractivity contribution in [3.63, 3.8) is 0 Å². The lowest BCUT2D eigenvalue weighted by Crippen LogP contribution is -2.16. The predicted octanol–water partition coefficient (Wildman–Crippen LogP) is 4.21. The van der Waals surface area contributed by atoms with Gasteiger partial charge in [0.2, 0.25) is 0 Å². The molecule has 0 bridgehead atoms. The highest BCUT2D eigenvalue weighted by atomic mass is 16.6. The summed E-state index contributed by atoms with van der Waals surface area (Å²) >= 11 is 0. The Bertz CT molecular complexity index is 925. The summed E-state index contributed by atoms with van der Waals surface area (Å²) in [4.78, 5) is 35.3.